The lowest BCUT2D eigenvalue weighted by Gasteiger charge is -2.25. The van der Waals surface area contributed by atoms with Crippen LogP contribution < -0.4 is 4.74 Å². The van der Waals surface area contributed by atoms with Gasteiger partial charge in [0.1, 0.15) is 0 Å². The van der Waals surface area contributed by atoms with Crippen LogP contribution in [0.15, 0.2) is 30.6 Å². The van der Waals surface area contributed by atoms with Crippen LogP contribution in [0.1, 0.15) is 57.6 Å². The first kappa shape index (κ1) is 19.8. The maximum Gasteiger partial charge on any atom is 0.309 e. The van der Waals surface area contributed by atoms with Gasteiger partial charge in [-0.2, -0.15) is 5.10 Å². The molecule has 0 aliphatic heterocycles. The van der Waals surface area contributed by atoms with Crippen LogP contribution in [0.25, 0.3) is 11.1 Å². The summed E-state index contributed by atoms with van der Waals surface area (Å²) in [4.78, 5) is 16.4. The summed E-state index contributed by atoms with van der Waals surface area (Å²) < 4.78 is 11.1. The summed E-state index contributed by atoms with van der Waals surface area (Å²) in [5, 5.41) is 8.27. The molecule has 0 aromatic carbocycles. The number of hydrogen-bond acceptors (Lipinski definition) is 6. The van der Waals surface area contributed by atoms with Gasteiger partial charge < -0.3 is 9.47 Å². The Hall–Kier alpha value is -2.50. The molecule has 2 heterocycles. The highest BCUT2D eigenvalue weighted by molar-refractivity contribution is 5.77. The van der Waals surface area contributed by atoms with Gasteiger partial charge in [0, 0.05) is 29.4 Å². The zero-order chi connectivity index (χ0) is 20.2. The third kappa shape index (κ3) is 4.92. The molecule has 0 N–H and O–H groups in total. The molecule has 4 rings (SSSR count). The minimum atomic E-state index is -0.122. The maximum absolute atomic E-state index is 11.9. The van der Waals surface area contributed by atoms with Gasteiger partial charge in [-0.25, -0.2) is 0 Å². The fourth-order valence-electron chi connectivity index (χ4n) is 4.14. The third-order valence-corrected chi connectivity index (χ3v) is 6.11. The largest absolute Gasteiger partial charge is 0.476 e. The highest BCUT2D eigenvalue weighted by Gasteiger charge is 2.46. The third-order valence-electron chi connectivity index (χ3n) is 6.11. The van der Waals surface area contributed by atoms with E-state index in [1.807, 2.05) is 25.1 Å². The van der Waals surface area contributed by atoms with Gasteiger partial charge in [0.15, 0.2) is 0 Å². The molecular formula is C23H29N3O3. The minimum absolute atomic E-state index is 0.0645. The average molecular weight is 396 g/mol. The fourth-order valence-corrected chi connectivity index (χ4v) is 4.14. The monoisotopic (exact) mass is 395 g/mol. The van der Waals surface area contributed by atoms with E-state index in [9.17, 15) is 4.79 Å². The lowest BCUT2D eigenvalue weighted by Crippen LogP contribution is -2.19. The Kier molecular flexibility index (Phi) is 6.07. The standard InChI is InChI=1S/C23H29N3O3/c1-3-28-23(27)20-12-19(20)21-10-17(8-9-24-21)18-11-22(26-25-13-18)29-14-16-6-4-15(2)5-7-16/h8-11,13,15-16,19-20H,3-7,12,14H2,1-2H3/t15-,16-,19-,20-/m0/s1. The van der Waals surface area contributed by atoms with E-state index in [1.54, 1.807) is 12.4 Å². The topological polar surface area (TPSA) is 74.2 Å². The molecule has 2 saturated carbocycles. The number of hydrogen-bond donors (Lipinski definition) is 0. The number of carbonyl (C=O) groups excluding carboxylic acids is 1. The molecule has 0 bridgehead atoms. The molecule has 6 heteroatoms. The number of carbonyl (C=O) groups is 1. The predicted molar refractivity (Wildman–Crippen MR) is 109 cm³/mol. The molecule has 0 spiro atoms. The van der Waals surface area contributed by atoms with Crippen LogP contribution in [0.2, 0.25) is 0 Å². The first-order chi connectivity index (χ1) is 14.1. The molecule has 6 nitrogen and oxygen atoms in total. The Morgan fingerprint density at radius 1 is 1.17 bits per heavy atom. The molecular weight excluding hydrogens is 366 g/mol. The second-order valence-electron chi connectivity index (χ2n) is 8.39. The van der Waals surface area contributed by atoms with E-state index >= 15 is 0 Å². The quantitative estimate of drug-likeness (QED) is 0.647. The fraction of sp³-hybridized carbons (Fsp3) is 0.565. The molecule has 154 valence electrons. The van der Waals surface area contributed by atoms with Crippen molar-refractivity contribution in [2.75, 3.05) is 13.2 Å². The van der Waals surface area contributed by atoms with Gasteiger partial charge in [0.05, 0.1) is 25.3 Å². The van der Waals surface area contributed by atoms with Crippen molar-refractivity contribution in [1.29, 1.82) is 0 Å². The Labute approximate surface area is 172 Å². The Bertz CT molecular complexity index is 849. The van der Waals surface area contributed by atoms with Crippen LogP contribution in [0.3, 0.4) is 0 Å². The van der Waals surface area contributed by atoms with E-state index in [0.29, 0.717) is 25.0 Å². The van der Waals surface area contributed by atoms with Crippen LogP contribution in [0.4, 0.5) is 0 Å². The molecule has 2 fully saturated rings. The Morgan fingerprint density at radius 2 is 2.00 bits per heavy atom. The summed E-state index contributed by atoms with van der Waals surface area (Å²) in [5.74, 6) is 1.97. The van der Waals surface area contributed by atoms with Crippen LogP contribution in [-0.2, 0) is 9.53 Å². The smallest absolute Gasteiger partial charge is 0.309 e. The molecule has 2 aliphatic rings. The molecule has 2 aromatic heterocycles. The van der Waals surface area contributed by atoms with E-state index in [1.165, 1.54) is 25.7 Å². The van der Waals surface area contributed by atoms with Crippen molar-refractivity contribution in [3.8, 4) is 17.0 Å². The van der Waals surface area contributed by atoms with Gasteiger partial charge in [0.2, 0.25) is 5.88 Å². The van der Waals surface area contributed by atoms with E-state index in [4.69, 9.17) is 9.47 Å². The SMILES string of the molecule is CCOC(=O)[C@H]1C[C@@H]1c1cc(-c2cnnc(OC[C@H]3CC[C@H](C)CC3)c2)ccn1. The lowest BCUT2D eigenvalue weighted by molar-refractivity contribution is -0.144. The summed E-state index contributed by atoms with van der Waals surface area (Å²) in [6.07, 6.45) is 9.36. The normalized spacial score (nSPS) is 26.0. The number of pyridine rings is 1. The van der Waals surface area contributed by atoms with Crippen LogP contribution >= 0.6 is 0 Å². The van der Waals surface area contributed by atoms with Crippen molar-refractivity contribution in [3.05, 3.63) is 36.3 Å². The maximum atomic E-state index is 11.9. The second kappa shape index (κ2) is 8.89. The van der Waals surface area contributed by atoms with Crippen LogP contribution in [0.5, 0.6) is 5.88 Å². The van der Waals surface area contributed by atoms with E-state index in [-0.39, 0.29) is 17.8 Å². The molecule has 0 amide bonds. The number of rotatable bonds is 7. The van der Waals surface area contributed by atoms with Crippen molar-refractivity contribution in [2.24, 2.45) is 17.8 Å². The summed E-state index contributed by atoms with van der Waals surface area (Å²) in [5.41, 5.74) is 2.89. The van der Waals surface area contributed by atoms with Gasteiger partial charge in [0.25, 0.3) is 0 Å². The van der Waals surface area contributed by atoms with Crippen molar-refractivity contribution in [3.63, 3.8) is 0 Å². The van der Waals surface area contributed by atoms with E-state index in [0.717, 1.165) is 29.2 Å². The molecule has 2 atom stereocenters. The highest BCUT2D eigenvalue weighted by atomic mass is 16.5. The van der Waals surface area contributed by atoms with Gasteiger partial charge in [-0.3, -0.25) is 9.78 Å². The predicted octanol–water partition coefficient (Wildman–Crippen LogP) is 4.41. The number of aromatic nitrogens is 3. The van der Waals surface area contributed by atoms with Gasteiger partial charge >= 0.3 is 5.97 Å². The Balaban J connectivity index is 1.40. The van der Waals surface area contributed by atoms with E-state index in [2.05, 4.69) is 22.1 Å². The van der Waals surface area contributed by atoms with Gasteiger partial charge in [-0.1, -0.05) is 19.8 Å². The zero-order valence-electron chi connectivity index (χ0n) is 17.2. The van der Waals surface area contributed by atoms with Gasteiger partial charge in [-0.15, -0.1) is 5.10 Å². The van der Waals surface area contributed by atoms with Crippen LogP contribution in [0, 0.1) is 17.8 Å². The lowest BCUT2D eigenvalue weighted by atomic mass is 9.83. The van der Waals surface area contributed by atoms with Gasteiger partial charge in [-0.05, 0) is 55.7 Å². The van der Waals surface area contributed by atoms with E-state index < -0.39 is 0 Å². The molecule has 29 heavy (non-hydrogen) atoms. The minimum Gasteiger partial charge on any atom is -0.476 e. The van der Waals surface area contributed by atoms with Crippen molar-refractivity contribution in [2.45, 2.75) is 51.9 Å². The average Bonchev–Trinajstić information content (AvgIpc) is 3.55. The Morgan fingerprint density at radius 3 is 2.79 bits per heavy atom. The first-order valence-corrected chi connectivity index (χ1v) is 10.7. The molecule has 2 aromatic rings. The molecule has 0 radical (unpaired) electrons. The van der Waals surface area contributed by atoms with Crippen molar-refractivity contribution < 1.29 is 14.3 Å². The first-order valence-electron chi connectivity index (χ1n) is 10.7. The zero-order valence-corrected chi connectivity index (χ0v) is 17.2. The van der Waals surface area contributed by atoms with Crippen molar-refractivity contribution >= 4 is 5.97 Å². The molecule has 0 unspecified atom stereocenters. The number of esters is 1. The summed E-state index contributed by atoms with van der Waals surface area (Å²) in [7, 11) is 0. The molecule has 2 aliphatic carbocycles. The summed E-state index contributed by atoms with van der Waals surface area (Å²) in [6, 6.07) is 5.93. The van der Waals surface area contributed by atoms with Crippen molar-refractivity contribution in [1.82, 2.24) is 15.2 Å². The number of nitrogens with zero attached hydrogens (tertiary/aromatic N) is 3. The highest BCUT2D eigenvalue weighted by Crippen LogP contribution is 2.48. The molecule has 0 saturated heterocycles. The second-order valence-corrected chi connectivity index (χ2v) is 8.39. The van der Waals surface area contributed by atoms with Crippen LogP contribution in [-0.4, -0.2) is 34.4 Å². The summed E-state index contributed by atoms with van der Waals surface area (Å²) >= 11 is 0. The number of ether oxygens (including phenoxy) is 2. The summed E-state index contributed by atoms with van der Waals surface area (Å²) in [6.45, 7) is 5.28.